The van der Waals surface area contributed by atoms with E-state index in [1.165, 1.54) is 57.6 Å². The lowest BCUT2D eigenvalue weighted by Crippen LogP contribution is -2.54. The van der Waals surface area contributed by atoms with E-state index < -0.39 is 0 Å². The van der Waals surface area contributed by atoms with Gasteiger partial charge >= 0.3 is 0 Å². The summed E-state index contributed by atoms with van der Waals surface area (Å²) < 4.78 is 10.9. The third kappa shape index (κ3) is 4.51. The van der Waals surface area contributed by atoms with Crippen molar-refractivity contribution >= 4 is 12.0 Å². The molecule has 5 nitrogen and oxygen atoms in total. The second-order valence-electron chi connectivity index (χ2n) is 11.9. The molecule has 0 radical (unpaired) electrons. The number of carbonyl (C=O) groups excluding carboxylic acids is 1. The van der Waals surface area contributed by atoms with Crippen LogP contribution >= 0.6 is 0 Å². The fraction of sp³-hybridized carbons (Fsp3) is 0.857. The van der Waals surface area contributed by atoms with Gasteiger partial charge in [-0.1, -0.05) is 13.8 Å². The number of ketones is 1. The van der Waals surface area contributed by atoms with Crippen LogP contribution in [0.25, 0.3) is 0 Å². The van der Waals surface area contributed by atoms with Gasteiger partial charge in [-0.25, -0.2) is 0 Å². The standard InChI is InChI=1S/C28H46N2O3/c1-5-33-21(15-29)16-30-17-26(31)25-9-8-23-22-7-6-20-14-19(18-32-4)10-12-27(20,2)24(22)11-13-28(23,25)3/h15-16,19-20,22-25,29-30H,5-14,17-18H2,1-4H3/b21-16+,29-15?. The highest BCUT2D eigenvalue weighted by Gasteiger charge is 2.61. The van der Waals surface area contributed by atoms with Gasteiger partial charge in [0.1, 0.15) is 0 Å². The van der Waals surface area contributed by atoms with E-state index >= 15 is 0 Å². The van der Waals surface area contributed by atoms with Gasteiger partial charge in [0.25, 0.3) is 0 Å². The Hall–Kier alpha value is -1.36. The Kier molecular flexibility index (Phi) is 7.57. The van der Waals surface area contributed by atoms with Crippen LogP contribution in [0.1, 0.15) is 78.6 Å². The zero-order chi connectivity index (χ0) is 23.6. The number of methoxy groups -OCH3 is 1. The lowest BCUT2D eigenvalue weighted by atomic mass is 9.44. The number of ether oxygens (including phenoxy) is 2. The molecule has 4 aliphatic carbocycles. The van der Waals surface area contributed by atoms with E-state index in [9.17, 15) is 4.79 Å². The van der Waals surface area contributed by atoms with Crippen molar-refractivity contribution in [1.29, 1.82) is 5.41 Å². The Bertz CT molecular complexity index is 751. The summed E-state index contributed by atoms with van der Waals surface area (Å²) in [4.78, 5) is 13.3. The molecule has 0 aromatic rings. The second-order valence-corrected chi connectivity index (χ2v) is 11.9. The summed E-state index contributed by atoms with van der Waals surface area (Å²) in [6.07, 6.45) is 14.4. The number of nitrogens with one attached hydrogen (secondary N) is 2. The van der Waals surface area contributed by atoms with Crippen molar-refractivity contribution in [2.45, 2.75) is 78.6 Å². The largest absolute Gasteiger partial charge is 0.491 e. The molecule has 4 rings (SSSR count). The third-order valence-corrected chi connectivity index (χ3v) is 10.5. The van der Waals surface area contributed by atoms with E-state index in [-0.39, 0.29) is 11.3 Å². The summed E-state index contributed by atoms with van der Waals surface area (Å²) in [6.45, 7) is 8.75. The van der Waals surface area contributed by atoms with Gasteiger partial charge in [0.05, 0.1) is 19.4 Å². The van der Waals surface area contributed by atoms with Crippen molar-refractivity contribution in [3.63, 3.8) is 0 Å². The number of fused-ring (bicyclic) bond motifs is 5. The summed E-state index contributed by atoms with van der Waals surface area (Å²) in [6, 6.07) is 0. The molecule has 4 saturated carbocycles. The van der Waals surface area contributed by atoms with E-state index in [1.54, 1.807) is 6.20 Å². The van der Waals surface area contributed by atoms with Crippen LogP contribution in [0.15, 0.2) is 12.0 Å². The van der Waals surface area contributed by atoms with Crippen molar-refractivity contribution < 1.29 is 14.3 Å². The number of carbonyl (C=O) groups is 1. The first-order chi connectivity index (χ1) is 15.9. The Balaban J connectivity index is 1.41. The highest BCUT2D eigenvalue weighted by atomic mass is 16.5. The van der Waals surface area contributed by atoms with Gasteiger partial charge in [0, 0.05) is 25.8 Å². The summed E-state index contributed by atoms with van der Waals surface area (Å²) in [7, 11) is 1.85. The molecule has 0 aromatic heterocycles. The van der Waals surface area contributed by atoms with Crippen molar-refractivity contribution in [3.05, 3.63) is 12.0 Å². The van der Waals surface area contributed by atoms with Crippen LogP contribution in [0.2, 0.25) is 0 Å². The van der Waals surface area contributed by atoms with Crippen LogP contribution in [0.3, 0.4) is 0 Å². The molecule has 0 saturated heterocycles. The molecule has 186 valence electrons. The predicted molar refractivity (Wildman–Crippen MR) is 132 cm³/mol. The van der Waals surface area contributed by atoms with Crippen molar-refractivity contribution in [2.75, 3.05) is 26.9 Å². The molecule has 0 bridgehead atoms. The lowest BCUT2D eigenvalue weighted by molar-refractivity contribution is -0.137. The summed E-state index contributed by atoms with van der Waals surface area (Å²) in [5, 5.41) is 10.5. The molecule has 5 heteroatoms. The van der Waals surface area contributed by atoms with Crippen LogP contribution in [0.5, 0.6) is 0 Å². The van der Waals surface area contributed by atoms with Gasteiger partial charge in [-0.15, -0.1) is 0 Å². The maximum atomic E-state index is 13.3. The zero-order valence-electron chi connectivity index (χ0n) is 21.3. The molecule has 2 N–H and O–H groups in total. The van der Waals surface area contributed by atoms with Crippen LogP contribution in [0, 0.1) is 51.7 Å². The Labute approximate surface area is 201 Å². The smallest absolute Gasteiger partial charge is 0.155 e. The molecule has 0 amide bonds. The van der Waals surface area contributed by atoms with Crippen LogP contribution in [-0.2, 0) is 14.3 Å². The second kappa shape index (κ2) is 10.1. The van der Waals surface area contributed by atoms with Crippen LogP contribution in [-0.4, -0.2) is 38.9 Å². The average molecular weight is 459 g/mol. The van der Waals surface area contributed by atoms with E-state index in [4.69, 9.17) is 14.9 Å². The molecule has 8 unspecified atom stereocenters. The van der Waals surface area contributed by atoms with Crippen LogP contribution in [0.4, 0.5) is 0 Å². The van der Waals surface area contributed by atoms with Crippen molar-refractivity contribution in [2.24, 2.45) is 46.3 Å². The first-order valence-electron chi connectivity index (χ1n) is 13.5. The molecule has 4 aliphatic rings. The molecule has 0 heterocycles. The summed E-state index contributed by atoms with van der Waals surface area (Å²) >= 11 is 0. The molecule has 0 spiro atoms. The van der Waals surface area contributed by atoms with Gasteiger partial charge in [0.2, 0.25) is 0 Å². The first kappa shape index (κ1) is 24.8. The molecular formula is C28H46N2O3. The Morgan fingerprint density at radius 2 is 1.82 bits per heavy atom. The Morgan fingerprint density at radius 1 is 1.06 bits per heavy atom. The highest BCUT2D eigenvalue weighted by Crippen LogP contribution is 2.67. The molecule has 0 aliphatic heterocycles. The number of rotatable bonds is 9. The fourth-order valence-corrected chi connectivity index (χ4v) is 8.93. The molecule has 8 atom stereocenters. The fourth-order valence-electron chi connectivity index (χ4n) is 8.93. The molecule has 33 heavy (non-hydrogen) atoms. The van der Waals surface area contributed by atoms with Gasteiger partial charge in [0.15, 0.2) is 11.5 Å². The summed E-state index contributed by atoms with van der Waals surface area (Å²) in [5.74, 6) is 4.96. The van der Waals surface area contributed by atoms with E-state index in [0.717, 1.165) is 36.7 Å². The van der Waals surface area contributed by atoms with Crippen molar-refractivity contribution in [1.82, 2.24) is 5.32 Å². The monoisotopic (exact) mass is 458 g/mol. The predicted octanol–water partition coefficient (Wildman–Crippen LogP) is 5.59. The number of hydrogen-bond donors (Lipinski definition) is 2. The number of allylic oxidation sites excluding steroid dienone is 1. The van der Waals surface area contributed by atoms with E-state index in [0.29, 0.717) is 36.0 Å². The minimum absolute atomic E-state index is 0.157. The molecule has 4 fully saturated rings. The minimum atomic E-state index is 0.157. The number of Topliss-reactive ketones (excluding diaryl/α,β-unsaturated/α-hetero) is 1. The van der Waals surface area contributed by atoms with Gasteiger partial charge in [-0.05, 0) is 105 Å². The first-order valence-corrected chi connectivity index (χ1v) is 13.5. The van der Waals surface area contributed by atoms with E-state index in [2.05, 4.69) is 19.2 Å². The Morgan fingerprint density at radius 3 is 2.55 bits per heavy atom. The SMILES string of the molecule is CCO/C(C=N)=C/NCC(=O)C1CCC2C3CCC4CC(COC)CCC4(C)C3CCC12C. The quantitative estimate of drug-likeness (QED) is 0.349. The highest BCUT2D eigenvalue weighted by molar-refractivity contribution is 5.84. The molecular weight excluding hydrogens is 412 g/mol. The third-order valence-electron chi connectivity index (χ3n) is 10.5. The van der Waals surface area contributed by atoms with Gasteiger partial charge < -0.3 is 20.2 Å². The maximum Gasteiger partial charge on any atom is 0.155 e. The lowest BCUT2D eigenvalue weighted by Gasteiger charge is -2.61. The van der Waals surface area contributed by atoms with Gasteiger partial charge in [-0.3, -0.25) is 4.79 Å². The number of hydrogen-bond acceptors (Lipinski definition) is 5. The minimum Gasteiger partial charge on any atom is -0.491 e. The normalized spacial score (nSPS) is 42.6. The van der Waals surface area contributed by atoms with Crippen LogP contribution < -0.4 is 5.32 Å². The zero-order valence-corrected chi connectivity index (χ0v) is 21.3. The average Bonchev–Trinajstić information content (AvgIpc) is 3.16. The van der Waals surface area contributed by atoms with Crippen molar-refractivity contribution in [3.8, 4) is 0 Å². The topological polar surface area (TPSA) is 71.4 Å². The summed E-state index contributed by atoms with van der Waals surface area (Å²) in [5.41, 5.74) is 0.649. The van der Waals surface area contributed by atoms with E-state index in [1.807, 2.05) is 14.0 Å². The van der Waals surface area contributed by atoms with Gasteiger partial charge in [-0.2, -0.15) is 0 Å². The molecule has 0 aromatic carbocycles. The maximum absolute atomic E-state index is 13.3.